The summed E-state index contributed by atoms with van der Waals surface area (Å²) in [6, 6.07) is 20.4. The third-order valence-corrected chi connectivity index (χ3v) is 5.71. The van der Waals surface area contributed by atoms with Gasteiger partial charge in [0.15, 0.2) is 11.3 Å². The van der Waals surface area contributed by atoms with Crippen molar-refractivity contribution in [2.45, 2.75) is 0 Å². The second kappa shape index (κ2) is 8.49. The fraction of sp³-hybridized carbons (Fsp3) is 0.0400. The number of nitro groups is 1. The van der Waals surface area contributed by atoms with Crippen LogP contribution >= 0.6 is 11.6 Å². The van der Waals surface area contributed by atoms with Crippen LogP contribution in [0.3, 0.4) is 0 Å². The summed E-state index contributed by atoms with van der Waals surface area (Å²) >= 11 is 6.32. The minimum atomic E-state index is -0.598. The van der Waals surface area contributed by atoms with Crippen molar-refractivity contribution in [2.75, 3.05) is 12.4 Å². The number of hydrogen-bond acceptors (Lipinski definition) is 6. The van der Waals surface area contributed by atoms with Crippen LogP contribution in [0.5, 0.6) is 5.75 Å². The van der Waals surface area contributed by atoms with Crippen LogP contribution in [-0.4, -0.2) is 22.9 Å². The maximum Gasteiger partial charge on any atom is 0.311 e. The first-order valence-corrected chi connectivity index (χ1v) is 10.5. The number of anilines is 1. The highest BCUT2D eigenvalue weighted by atomic mass is 35.5. The van der Waals surface area contributed by atoms with E-state index in [0.29, 0.717) is 27.7 Å². The topological polar surface area (TPSA) is 108 Å². The van der Waals surface area contributed by atoms with E-state index in [4.69, 9.17) is 20.8 Å². The van der Waals surface area contributed by atoms with Gasteiger partial charge in [-0.1, -0.05) is 35.9 Å². The Morgan fingerprint density at radius 2 is 1.85 bits per heavy atom. The van der Waals surface area contributed by atoms with Gasteiger partial charge in [0, 0.05) is 33.3 Å². The van der Waals surface area contributed by atoms with Crippen molar-refractivity contribution in [3.8, 4) is 17.2 Å². The highest BCUT2D eigenvalue weighted by Gasteiger charge is 2.19. The average Bonchev–Trinajstić information content (AvgIpc) is 3.26. The fourth-order valence-corrected chi connectivity index (χ4v) is 3.99. The van der Waals surface area contributed by atoms with E-state index in [1.54, 1.807) is 18.2 Å². The van der Waals surface area contributed by atoms with E-state index in [1.165, 1.54) is 25.3 Å². The molecule has 0 aliphatic heterocycles. The number of oxazole rings is 1. The standard InChI is InChI=1S/C25H16ClN3O5/c1-33-23-10-8-14(12-21(23)29(31)32)24(30)27-15-9-11-22-20(13-15)28-25(34-22)18-6-2-5-17-16(18)4-3-7-19(17)26/h2-13H,1H3,(H,27,30). The zero-order valence-corrected chi connectivity index (χ0v) is 18.5. The third-order valence-electron chi connectivity index (χ3n) is 5.38. The summed E-state index contributed by atoms with van der Waals surface area (Å²) in [7, 11) is 1.33. The van der Waals surface area contributed by atoms with Crippen molar-refractivity contribution in [1.82, 2.24) is 4.98 Å². The van der Waals surface area contributed by atoms with Gasteiger partial charge >= 0.3 is 5.69 Å². The Bertz CT molecular complexity index is 1590. The molecule has 1 amide bonds. The predicted octanol–water partition coefficient (Wildman–Crippen LogP) is 6.47. The lowest BCUT2D eigenvalue weighted by Crippen LogP contribution is -2.12. The number of methoxy groups -OCH3 is 1. The first kappa shape index (κ1) is 21.4. The van der Waals surface area contributed by atoms with Gasteiger partial charge in [-0.2, -0.15) is 0 Å². The molecule has 0 fully saturated rings. The van der Waals surface area contributed by atoms with Crippen molar-refractivity contribution < 1.29 is 18.9 Å². The molecule has 8 nitrogen and oxygen atoms in total. The van der Waals surface area contributed by atoms with E-state index < -0.39 is 10.8 Å². The molecule has 34 heavy (non-hydrogen) atoms. The van der Waals surface area contributed by atoms with Gasteiger partial charge in [-0.3, -0.25) is 14.9 Å². The van der Waals surface area contributed by atoms with Crippen LogP contribution < -0.4 is 10.1 Å². The Hall–Kier alpha value is -4.43. The number of aromatic nitrogens is 1. The second-order valence-corrected chi connectivity index (χ2v) is 7.85. The third kappa shape index (κ3) is 3.80. The van der Waals surface area contributed by atoms with E-state index in [1.807, 2.05) is 36.4 Å². The number of carbonyl (C=O) groups is 1. The minimum Gasteiger partial charge on any atom is -0.490 e. The van der Waals surface area contributed by atoms with Crippen LogP contribution in [0.25, 0.3) is 33.3 Å². The number of nitrogens with zero attached hydrogens (tertiary/aromatic N) is 2. The van der Waals surface area contributed by atoms with E-state index in [0.717, 1.165) is 16.3 Å². The molecule has 1 N–H and O–H groups in total. The molecule has 1 aromatic heterocycles. The minimum absolute atomic E-state index is 0.0767. The predicted molar refractivity (Wildman–Crippen MR) is 130 cm³/mol. The van der Waals surface area contributed by atoms with Gasteiger partial charge in [0.05, 0.1) is 12.0 Å². The first-order chi connectivity index (χ1) is 16.4. The molecule has 0 atom stereocenters. The lowest BCUT2D eigenvalue weighted by atomic mass is 10.0. The number of hydrogen-bond donors (Lipinski definition) is 1. The van der Waals surface area contributed by atoms with E-state index in [9.17, 15) is 14.9 Å². The summed E-state index contributed by atoms with van der Waals surface area (Å²) in [5.41, 5.74) is 2.20. The number of rotatable bonds is 5. The van der Waals surface area contributed by atoms with Gasteiger partial charge < -0.3 is 14.5 Å². The van der Waals surface area contributed by atoms with Crippen molar-refractivity contribution in [3.63, 3.8) is 0 Å². The van der Waals surface area contributed by atoms with Gasteiger partial charge in [0.25, 0.3) is 5.91 Å². The summed E-state index contributed by atoms with van der Waals surface area (Å²) in [5.74, 6) is 0.00228. The quantitative estimate of drug-likeness (QED) is 0.231. The molecule has 0 unspecified atom stereocenters. The molecule has 4 aromatic carbocycles. The maximum atomic E-state index is 12.7. The van der Waals surface area contributed by atoms with Crippen LogP contribution in [0, 0.1) is 10.1 Å². The molecular formula is C25H16ClN3O5. The largest absolute Gasteiger partial charge is 0.490 e. The number of nitro benzene ring substituents is 1. The van der Waals surface area contributed by atoms with E-state index in [-0.39, 0.29) is 17.0 Å². The molecule has 0 saturated heterocycles. The summed E-state index contributed by atoms with van der Waals surface area (Å²) in [4.78, 5) is 27.9. The Balaban J connectivity index is 1.46. The molecule has 0 saturated carbocycles. The van der Waals surface area contributed by atoms with Crippen molar-refractivity contribution >= 4 is 50.8 Å². The van der Waals surface area contributed by atoms with Crippen LogP contribution in [0.15, 0.2) is 77.2 Å². The molecule has 1 heterocycles. The monoisotopic (exact) mass is 473 g/mol. The molecular weight excluding hydrogens is 458 g/mol. The zero-order chi connectivity index (χ0) is 23.8. The van der Waals surface area contributed by atoms with Gasteiger partial charge in [-0.25, -0.2) is 4.98 Å². The lowest BCUT2D eigenvalue weighted by Gasteiger charge is -2.06. The maximum absolute atomic E-state index is 12.7. The van der Waals surface area contributed by atoms with Gasteiger partial charge in [0.2, 0.25) is 5.89 Å². The molecule has 0 spiro atoms. The zero-order valence-electron chi connectivity index (χ0n) is 17.7. The van der Waals surface area contributed by atoms with E-state index >= 15 is 0 Å². The normalized spacial score (nSPS) is 11.0. The van der Waals surface area contributed by atoms with Gasteiger partial charge in [0.1, 0.15) is 5.52 Å². The lowest BCUT2D eigenvalue weighted by molar-refractivity contribution is -0.385. The highest BCUT2D eigenvalue weighted by molar-refractivity contribution is 6.35. The van der Waals surface area contributed by atoms with Crippen LogP contribution in [0.1, 0.15) is 10.4 Å². The number of carbonyl (C=O) groups excluding carboxylic acids is 1. The highest BCUT2D eigenvalue weighted by Crippen LogP contribution is 2.34. The van der Waals surface area contributed by atoms with Crippen molar-refractivity contribution in [2.24, 2.45) is 0 Å². The molecule has 0 bridgehead atoms. The molecule has 0 radical (unpaired) electrons. The second-order valence-electron chi connectivity index (χ2n) is 7.44. The molecule has 168 valence electrons. The molecule has 5 aromatic rings. The fourth-order valence-electron chi connectivity index (χ4n) is 3.76. The number of nitrogens with one attached hydrogen (secondary N) is 1. The smallest absolute Gasteiger partial charge is 0.311 e. The number of halogens is 1. The Labute approximate surface area is 197 Å². The van der Waals surface area contributed by atoms with Crippen LogP contribution in [0.2, 0.25) is 5.02 Å². The number of benzene rings is 4. The van der Waals surface area contributed by atoms with Crippen LogP contribution in [0.4, 0.5) is 11.4 Å². The number of amides is 1. The number of ether oxygens (including phenoxy) is 1. The average molecular weight is 474 g/mol. The molecule has 0 aliphatic rings. The summed E-state index contributed by atoms with van der Waals surface area (Å²) < 4.78 is 10.9. The van der Waals surface area contributed by atoms with Crippen LogP contribution in [-0.2, 0) is 0 Å². The first-order valence-electron chi connectivity index (χ1n) is 10.2. The summed E-state index contributed by atoms with van der Waals surface area (Å²) in [6.07, 6.45) is 0. The Morgan fingerprint density at radius 1 is 1.06 bits per heavy atom. The summed E-state index contributed by atoms with van der Waals surface area (Å²) in [6.45, 7) is 0. The number of fused-ring (bicyclic) bond motifs is 2. The molecule has 5 rings (SSSR count). The van der Waals surface area contributed by atoms with Gasteiger partial charge in [-0.05, 0) is 47.9 Å². The van der Waals surface area contributed by atoms with Crippen molar-refractivity contribution in [3.05, 3.63) is 93.5 Å². The molecule has 9 heteroatoms. The van der Waals surface area contributed by atoms with Gasteiger partial charge in [-0.15, -0.1) is 0 Å². The Kier molecular flexibility index (Phi) is 5.35. The van der Waals surface area contributed by atoms with E-state index in [2.05, 4.69) is 10.3 Å². The van der Waals surface area contributed by atoms with Crippen molar-refractivity contribution in [1.29, 1.82) is 0 Å². The SMILES string of the molecule is COc1ccc(C(=O)Nc2ccc3oc(-c4cccc5c(Cl)cccc45)nc3c2)cc1[N+](=O)[O-]. The summed E-state index contributed by atoms with van der Waals surface area (Å²) in [5, 5.41) is 16.4. The molecule has 0 aliphatic carbocycles. The Morgan fingerprint density at radius 3 is 2.65 bits per heavy atom.